The van der Waals surface area contributed by atoms with Gasteiger partial charge in [0.15, 0.2) is 5.76 Å². The number of alkyl halides is 2. The third kappa shape index (κ3) is 3.36. The molecule has 2 aromatic heterocycles. The van der Waals surface area contributed by atoms with Crippen LogP contribution in [0.15, 0.2) is 59.6 Å². The fourth-order valence-corrected chi connectivity index (χ4v) is 3.19. The van der Waals surface area contributed by atoms with E-state index in [1.54, 1.807) is 38.1 Å². The lowest BCUT2D eigenvalue weighted by Gasteiger charge is -2.12. The normalized spacial score (nSPS) is 11.6. The Labute approximate surface area is 170 Å². The molecule has 0 spiro atoms. The molecule has 0 bridgehead atoms. The number of H-pyrrole nitrogens is 1. The predicted octanol–water partition coefficient (Wildman–Crippen LogP) is 5.36. The van der Waals surface area contributed by atoms with E-state index in [1.807, 2.05) is 0 Å². The van der Waals surface area contributed by atoms with Crippen LogP contribution < -0.4 is 5.32 Å². The summed E-state index contributed by atoms with van der Waals surface area (Å²) in [5.74, 6) is -2.65. The number of halogens is 2. The number of benzene rings is 2. The summed E-state index contributed by atoms with van der Waals surface area (Å²) < 4.78 is 33.0. The Morgan fingerprint density at radius 1 is 1.23 bits per heavy atom. The van der Waals surface area contributed by atoms with E-state index < -0.39 is 5.92 Å². The molecule has 0 aliphatic carbocycles. The van der Waals surface area contributed by atoms with Crippen LogP contribution in [-0.4, -0.2) is 21.0 Å². The van der Waals surface area contributed by atoms with Gasteiger partial charge in [-0.05, 0) is 38.1 Å². The van der Waals surface area contributed by atoms with Crippen molar-refractivity contribution in [2.75, 3.05) is 5.32 Å². The molecule has 0 saturated heterocycles. The minimum Gasteiger partial charge on any atom is -0.359 e. The van der Waals surface area contributed by atoms with Crippen LogP contribution in [0.3, 0.4) is 0 Å². The van der Waals surface area contributed by atoms with Crippen LogP contribution in [0.25, 0.3) is 22.4 Å². The molecule has 0 saturated carbocycles. The van der Waals surface area contributed by atoms with E-state index in [0.717, 1.165) is 0 Å². The zero-order valence-electron chi connectivity index (χ0n) is 16.3. The van der Waals surface area contributed by atoms with Gasteiger partial charge in [0.2, 0.25) is 0 Å². The van der Waals surface area contributed by atoms with E-state index >= 15 is 0 Å². The van der Waals surface area contributed by atoms with Crippen LogP contribution in [0.1, 0.15) is 27.4 Å². The summed E-state index contributed by atoms with van der Waals surface area (Å²) in [5, 5.41) is 6.62. The number of nitrogens with one attached hydrogen (secondary N) is 2. The number of hydrogen-bond acceptors (Lipinski definition) is 4. The fourth-order valence-electron chi connectivity index (χ4n) is 3.19. The molecular weight excluding hydrogens is 390 g/mol. The summed E-state index contributed by atoms with van der Waals surface area (Å²) in [5.41, 5.74) is 2.73. The van der Waals surface area contributed by atoms with Gasteiger partial charge in [0, 0.05) is 11.1 Å². The largest absolute Gasteiger partial charge is 0.359 e. The molecule has 2 aromatic carbocycles. The Morgan fingerprint density at radius 3 is 2.70 bits per heavy atom. The third-order valence-electron chi connectivity index (χ3n) is 4.81. The van der Waals surface area contributed by atoms with Gasteiger partial charge in [-0.3, -0.25) is 4.79 Å². The van der Waals surface area contributed by atoms with Gasteiger partial charge in [-0.2, -0.15) is 8.78 Å². The van der Waals surface area contributed by atoms with Crippen molar-refractivity contribution in [2.24, 2.45) is 0 Å². The van der Waals surface area contributed by atoms with Crippen molar-refractivity contribution in [3.8, 4) is 11.4 Å². The average Bonchev–Trinajstić information content (AvgIpc) is 3.32. The number of aromatic amines is 1. The second kappa shape index (κ2) is 7.22. The van der Waals surface area contributed by atoms with Crippen molar-refractivity contribution in [1.29, 1.82) is 0 Å². The molecule has 0 unspecified atom stereocenters. The van der Waals surface area contributed by atoms with E-state index in [9.17, 15) is 13.6 Å². The zero-order valence-corrected chi connectivity index (χ0v) is 16.3. The van der Waals surface area contributed by atoms with Gasteiger partial charge in [-0.1, -0.05) is 36.0 Å². The fraction of sp³-hybridized carbons (Fsp3) is 0.136. The second-order valence-electron chi connectivity index (χ2n) is 6.85. The summed E-state index contributed by atoms with van der Waals surface area (Å²) in [6.07, 6.45) is 0.599. The van der Waals surface area contributed by atoms with Gasteiger partial charge in [-0.15, -0.1) is 0 Å². The van der Waals surface area contributed by atoms with E-state index in [-0.39, 0.29) is 11.5 Å². The van der Waals surface area contributed by atoms with E-state index in [1.165, 1.54) is 18.2 Å². The molecule has 152 valence electrons. The summed E-state index contributed by atoms with van der Waals surface area (Å²) in [7, 11) is 0. The van der Waals surface area contributed by atoms with Crippen molar-refractivity contribution in [2.45, 2.75) is 19.8 Å². The maximum Gasteiger partial charge on any atom is 0.291 e. The van der Waals surface area contributed by atoms with Gasteiger partial charge >= 0.3 is 0 Å². The topological polar surface area (TPSA) is 83.8 Å². The molecule has 2 N–H and O–H groups in total. The number of aryl methyl sites for hydroxylation is 2. The van der Waals surface area contributed by atoms with E-state index in [2.05, 4.69) is 27.0 Å². The zero-order chi connectivity index (χ0) is 21.5. The second-order valence-corrected chi connectivity index (χ2v) is 6.85. The Bertz CT molecular complexity index is 1250. The van der Waals surface area contributed by atoms with Crippen LogP contribution in [0.2, 0.25) is 0 Å². The lowest BCUT2D eigenvalue weighted by molar-refractivity contribution is 0.0526. The van der Waals surface area contributed by atoms with Gasteiger partial charge in [0.05, 0.1) is 11.1 Å². The Hall–Kier alpha value is -3.81. The number of amides is 1. The smallest absolute Gasteiger partial charge is 0.291 e. The van der Waals surface area contributed by atoms with Crippen LogP contribution in [0.5, 0.6) is 0 Å². The number of nitrogens with zero attached hydrogens (tertiary/aromatic N) is 2. The minimum atomic E-state index is -3.15. The molecule has 30 heavy (non-hydrogen) atoms. The maximum atomic E-state index is 14.0. The first-order valence-electron chi connectivity index (χ1n) is 9.15. The average molecular weight is 408 g/mol. The molecule has 8 heteroatoms. The number of para-hydroxylation sites is 1. The first kappa shape index (κ1) is 19.5. The highest BCUT2D eigenvalue weighted by molar-refractivity contribution is 6.12. The number of fused-ring (bicyclic) bond motifs is 1. The molecule has 4 rings (SSSR count). The lowest BCUT2D eigenvalue weighted by Crippen LogP contribution is -2.13. The molecule has 0 aliphatic heterocycles. The maximum absolute atomic E-state index is 14.0. The standard InChI is InChI=1S/C22H18F2N4O2/c1-4-22(23,24)15-8-5-7-14(11-15)20-25-17-10-6-9-16(19(17)26-20)21(29)27-18-12(2)28-30-13(18)3/h4-11H,1H2,2-3H3,(H,25,26)(H,27,29). The lowest BCUT2D eigenvalue weighted by atomic mass is 10.0. The highest BCUT2D eigenvalue weighted by Crippen LogP contribution is 2.32. The van der Waals surface area contributed by atoms with E-state index in [0.29, 0.717) is 51.2 Å². The molecule has 0 atom stereocenters. The van der Waals surface area contributed by atoms with Crippen molar-refractivity contribution in [3.05, 3.63) is 77.7 Å². The summed E-state index contributed by atoms with van der Waals surface area (Å²) >= 11 is 0. The molecule has 2 heterocycles. The third-order valence-corrected chi connectivity index (χ3v) is 4.81. The Balaban J connectivity index is 1.74. The number of carbonyl (C=O) groups excluding carboxylic acids is 1. The Morgan fingerprint density at radius 2 is 2.00 bits per heavy atom. The minimum absolute atomic E-state index is 0.188. The first-order valence-corrected chi connectivity index (χ1v) is 9.15. The SMILES string of the molecule is C=CC(F)(F)c1cccc(-c2nc3c(C(=O)Nc4c(C)noc4C)cccc3[nH]2)c1. The van der Waals surface area contributed by atoms with Gasteiger partial charge in [-0.25, -0.2) is 4.98 Å². The Kier molecular flexibility index (Phi) is 4.69. The van der Waals surface area contributed by atoms with Crippen molar-refractivity contribution in [3.63, 3.8) is 0 Å². The summed E-state index contributed by atoms with van der Waals surface area (Å²) in [6, 6.07) is 11.0. The van der Waals surface area contributed by atoms with Gasteiger partial charge in [0.25, 0.3) is 11.8 Å². The molecule has 0 radical (unpaired) electrons. The van der Waals surface area contributed by atoms with Gasteiger partial charge in [0.1, 0.15) is 22.7 Å². The molecular formula is C22H18F2N4O2. The molecule has 1 amide bonds. The van der Waals surface area contributed by atoms with Crippen molar-refractivity contribution in [1.82, 2.24) is 15.1 Å². The van der Waals surface area contributed by atoms with Crippen LogP contribution in [-0.2, 0) is 5.92 Å². The molecule has 0 fully saturated rings. The molecule has 6 nitrogen and oxygen atoms in total. The monoisotopic (exact) mass is 408 g/mol. The number of aromatic nitrogens is 3. The van der Waals surface area contributed by atoms with Crippen molar-refractivity contribution >= 4 is 22.6 Å². The highest BCUT2D eigenvalue weighted by atomic mass is 19.3. The number of carbonyl (C=O) groups is 1. The predicted molar refractivity (Wildman–Crippen MR) is 110 cm³/mol. The summed E-state index contributed by atoms with van der Waals surface area (Å²) in [6.45, 7) is 6.62. The van der Waals surface area contributed by atoms with E-state index in [4.69, 9.17) is 4.52 Å². The number of rotatable bonds is 5. The van der Waals surface area contributed by atoms with Gasteiger partial charge < -0.3 is 14.8 Å². The highest BCUT2D eigenvalue weighted by Gasteiger charge is 2.27. The van der Waals surface area contributed by atoms with Crippen LogP contribution >= 0.6 is 0 Å². The molecule has 0 aliphatic rings. The number of hydrogen-bond donors (Lipinski definition) is 2. The van der Waals surface area contributed by atoms with Crippen LogP contribution in [0.4, 0.5) is 14.5 Å². The number of allylic oxidation sites excluding steroid dienone is 1. The van der Waals surface area contributed by atoms with Crippen LogP contribution in [0, 0.1) is 13.8 Å². The summed E-state index contributed by atoms with van der Waals surface area (Å²) in [4.78, 5) is 20.4. The van der Waals surface area contributed by atoms with Crippen molar-refractivity contribution < 1.29 is 18.1 Å². The number of imidazole rings is 1. The first-order chi connectivity index (χ1) is 14.3. The quantitative estimate of drug-likeness (QED) is 0.435. The number of anilines is 1. The molecule has 4 aromatic rings.